The number of hydrogen-bond donors (Lipinski definition) is 0. The van der Waals surface area contributed by atoms with Crippen molar-refractivity contribution in [1.82, 2.24) is 4.98 Å². The Morgan fingerprint density at radius 2 is 1.89 bits per heavy atom. The fourth-order valence-corrected chi connectivity index (χ4v) is 2.49. The van der Waals surface area contributed by atoms with Crippen LogP contribution in [0.4, 0.5) is 0 Å². The number of halogens is 1. The van der Waals surface area contributed by atoms with E-state index in [0.717, 1.165) is 27.6 Å². The molecule has 1 aromatic heterocycles. The molecule has 0 unspecified atom stereocenters. The van der Waals surface area contributed by atoms with Crippen LogP contribution in [0.5, 0.6) is 0 Å². The van der Waals surface area contributed by atoms with Crippen LogP contribution in [0.3, 0.4) is 0 Å². The van der Waals surface area contributed by atoms with Crippen LogP contribution < -0.4 is 0 Å². The molecule has 0 bridgehead atoms. The first-order chi connectivity index (χ1) is 8.54. The van der Waals surface area contributed by atoms with Gasteiger partial charge in [-0.2, -0.15) is 0 Å². The third kappa shape index (κ3) is 2.51. The minimum absolute atomic E-state index is 0.523. The number of rotatable bonds is 3. The molecular formula is C15H14BrNO. The first-order valence-corrected chi connectivity index (χ1v) is 6.51. The van der Waals surface area contributed by atoms with Crippen LogP contribution in [0.1, 0.15) is 19.4 Å². The van der Waals surface area contributed by atoms with Gasteiger partial charge in [-0.05, 0) is 41.4 Å². The monoisotopic (exact) mass is 303 g/mol. The van der Waals surface area contributed by atoms with Gasteiger partial charge in [-0.15, -0.1) is 0 Å². The number of benzene rings is 1. The summed E-state index contributed by atoms with van der Waals surface area (Å²) in [5.74, 6) is 0. The number of aldehydes is 1. The lowest BCUT2D eigenvalue weighted by Crippen LogP contribution is -2.19. The summed E-state index contributed by atoms with van der Waals surface area (Å²) < 4.78 is 0.860. The van der Waals surface area contributed by atoms with E-state index in [4.69, 9.17) is 0 Å². The zero-order valence-corrected chi connectivity index (χ0v) is 11.9. The van der Waals surface area contributed by atoms with E-state index in [9.17, 15) is 4.79 Å². The minimum Gasteiger partial charge on any atom is -0.302 e. The predicted octanol–water partition coefficient (Wildman–Crippen LogP) is 3.99. The molecule has 0 spiro atoms. The third-order valence-electron chi connectivity index (χ3n) is 2.91. The van der Waals surface area contributed by atoms with Gasteiger partial charge in [-0.25, -0.2) is 0 Å². The standard InChI is InChI=1S/C15H14BrNO/c1-15(2,10-18)12-8-14(17-9-13(12)16)11-6-4-3-5-7-11/h3-10H,1-2H3. The molecule has 1 heterocycles. The van der Waals surface area contributed by atoms with Crippen LogP contribution in [0.15, 0.2) is 47.1 Å². The van der Waals surface area contributed by atoms with Gasteiger partial charge in [-0.1, -0.05) is 30.3 Å². The van der Waals surface area contributed by atoms with Crippen molar-refractivity contribution in [1.29, 1.82) is 0 Å². The summed E-state index contributed by atoms with van der Waals surface area (Å²) in [6.07, 6.45) is 2.71. The second-order valence-electron chi connectivity index (χ2n) is 4.75. The summed E-state index contributed by atoms with van der Waals surface area (Å²) in [6.45, 7) is 3.80. The lowest BCUT2D eigenvalue weighted by atomic mass is 9.86. The Bertz CT molecular complexity index is 564. The average Bonchev–Trinajstić information content (AvgIpc) is 2.40. The fourth-order valence-electron chi connectivity index (χ4n) is 1.76. The number of hydrogen-bond acceptors (Lipinski definition) is 2. The second kappa shape index (κ2) is 5.02. The lowest BCUT2D eigenvalue weighted by Gasteiger charge is -2.19. The maximum atomic E-state index is 11.2. The van der Waals surface area contributed by atoms with Gasteiger partial charge in [0.15, 0.2) is 0 Å². The molecule has 0 saturated carbocycles. The molecule has 0 atom stereocenters. The zero-order valence-electron chi connectivity index (χ0n) is 10.4. The van der Waals surface area contributed by atoms with Gasteiger partial charge in [0.25, 0.3) is 0 Å². The van der Waals surface area contributed by atoms with E-state index in [1.54, 1.807) is 6.20 Å². The second-order valence-corrected chi connectivity index (χ2v) is 5.61. The highest BCUT2D eigenvalue weighted by molar-refractivity contribution is 9.10. The molecular weight excluding hydrogens is 290 g/mol. The van der Waals surface area contributed by atoms with Crippen LogP contribution in [0, 0.1) is 0 Å². The molecule has 0 saturated heterocycles. The molecule has 18 heavy (non-hydrogen) atoms. The van der Waals surface area contributed by atoms with Gasteiger partial charge in [0.05, 0.1) is 5.69 Å². The Kier molecular flexibility index (Phi) is 3.62. The molecule has 0 amide bonds. The number of aromatic nitrogens is 1. The van der Waals surface area contributed by atoms with Gasteiger partial charge in [0, 0.05) is 21.6 Å². The highest BCUT2D eigenvalue weighted by atomic mass is 79.9. The Morgan fingerprint density at radius 1 is 1.22 bits per heavy atom. The van der Waals surface area contributed by atoms with E-state index < -0.39 is 5.41 Å². The predicted molar refractivity (Wildman–Crippen MR) is 76.5 cm³/mol. The van der Waals surface area contributed by atoms with Crippen LogP contribution in [-0.4, -0.2) is 11.3 Å². The van der Waals surface area contributed by atoms with Crippen molar-refractivity contribution >= 4 is 22.2 Å². The highest BCUT2D eigenvalue weighted by Crippen LogP contribution is 2.31. The largest absolute Gasteiger partial charge is 0.302 e. The Balaban J connectivity index is 2.54. The summed E-state index contributed by atoms with van der Waals surface area (Å²) >= 11 is 3.46. The van der Waals surface area contributed by atoms with Crippen LogP contribution in [0.2, 0.25) is 0 Å². The van der Waals surface area contributed by atoms with E-state index in [-0.39, 0.29) is 0 Å². The van der Waals surface area contributed by atoms with Crippen LogP contribution in [-0.2, 0) is 10.2 Å². The van der Waals surface area contributed by atoms with Gasteiger partial charge >= 0.3 is 0 Å². The van der Waals surface area contributed by atoms with Crippen molar-refractivity contribution in [2.24, 2.45) is 0 Å². The molecule has 1 aromatic carbocycles. The Morgan fingerprint density at radius 3 is 2.50 bits per heavy atom. The molecule has 2 nitrogen and oxygen atoms in total. The highest BCUT2D eigenvalue weighted by Gasteiger charge is 2.23. The number of nitrogens with zero attached hydrogens (tertiary/aromatic N) is 1. The topological polar surface area (TPSA) is 30.0 Å². The number of carbonyl (C=O) groups is 1. The van der Waals surface area contributed by atoms with E-state index in [1.165, 1.54) is 0 Å². The smallest absolute Gasteiger partial charge is 0.130 e. The number of pyridine rings is 1. The van der Waals surface area contributed by atoms with E-state index >= 15 is 0 Å². The van der Waals surface area contributed by atoms with Crippen LogP contribution in [0.25, 0.3) is 11.3 Å². The summed E-state index contributed by atoms with van der Waals surface area (Å²) in [5.41, 5.74) is 2.36. The molecule has 3 heteroatoms. The summed E-state index contributed by atoms with van der Waals surface area (Å²) in [5, 5.41) is 0. The molecule has 0 aliphatic carbocycles. The summed E-state index contributed by atoms with van der Waals surface area (Å²) in [7, 11) is 0. The van der Waals surface area contributed by atoms with Crippen molar-refractivity contribution in [3.05, 3.63) is 52.6 Å². The molecule has 2 aromatic rings. The molecule has 92 valence electrons. The third-order valence-corrected chi connectivity index (χ3v) is 3.55. The first kappa shape index (κ1) is 13.0. The Labute approximate surface area is 115 Å². The summed E-state index contributed by atoms with van der Waals surface area (Å²) in [4.78, 5) is 15.6. The maximum absolute atomic E-state index is 11.2. The minimum atomic E-state index is -0.523. The molecule has 0 N–H and O–H groups in total. The Hall–Kier alpha value is -1.48. The SMILES string of the molecule is CC(C)(C=O)c1cc(-c2ccccc2)ncc1Br. The van der Waals surface area contributed by atoms with Gasteiger partial charge in [0.2, 0.25) is 0 Å². The average molecular weight is 304 g/mol. The molecule has 0 aliphatic rings. The van der Waals surface area contributed by atoms with Crippen molar-refractivity contribution in [2.45, 2.75) is 19.3 Å². The molecule has 0 radical (unpaired) electrons. The summed E-state index contributed by atoms with van der Waals surface area (Å²) in [6, 6.07) is 11.9. The normalized spacial score (nSPS) is 11.3. The van der Waals surface area contributed by atoms with Crippen LogP contribution >= 0.6 is 15.9 Å². The quantitative estimate of drug-likeness (QED) is 0.803. The molecule has 2 rings (SSSR count). The van der Waals surface area contributed by atoms with Crippen molar-refractivity contribution in [3.63, 3.8) is 0 Å². The molecule has 0 fully saturated rings. The van der Waals surface area contributed by atoms with E-state index in [0.29, 0.717) is 0 Å². The van der Waals surface area contributed by atoms with Gasteiger partial charge in [0.1, 0.15) is 6.29 Å². The zero-order chi connectivity index (χ0) is 13.2. The lowest BCUT2D eigenvalue weighted by molar-refractivity contribution is -0.111. The van der Waals surface area contributed by atoms with E-state index in [1.807, 2.05) is 50.2 Å². The van der Waals surface area contributed by atoms with E-state index in [2.05, 4.69) is 20.9 Å². The van der Waals surface area contributed by atoms with Crippen molar-refractivity contribution in [2.75, 3.05) is 0 Å². The number of carbonyl (C=O) groups excluding carboxylic acids is 1. The van der Waals surface area contributed by atoms with Gasteiger partial charge in [-0.3, -0.25) is 4.98 Å². The van der Waals surface area contributed by atoms with Crippen molar-refractivity contribution < 1.29 is 4.79 Å². The van der Waals surface area contributed by atoms with Crippen molar-refractivity contribution in [3.8, 4) is 11.3 Å². The van der Waals surface area contributed by atoms with Gasteiger partial charge < -0.3 is 4.79 Å². The fraction of sp³-hybridized carbons (Fsp3) is 0.200. The first-order valence-electron chi connectivity index (χ1n) is 5.72. The maximum Gasteiger partial charge on any atom is 0.130 e. The molecule has 0 aliphatic heterocycles.